The lowest BCUT2D eigenvalue weighted by Gasteiger charge is -2.21. The lowest BCUT2D eigenvalue weighted by atomic mass is 10.1. The van der Waals surface area contributed by atoms with Gasteiger partial charge in [-0.1, -0.05) is 29.8 Å². The Hall–Kier alpha value is -2.59. The molecule has 0 bridgehead atoms. The number of carbonyl (C=O) groups is 1. The molecule has 0 radical (unpaired) electrons. The molecule has 26 heavy (non-hydrogen) atoms. The first-order chi connectivity index (χ1) is 12.7. The first kappa shape index (κ1) is 16.9. The lowest BCUT2D eigenvalue weighted by molar-refractivity contribution is 0.0951. The van der Waals surface area contributed by atoms with Gasteiger partial charge in [-0.15, -0.1) is 0 Å². The van der Waals surface area contributed by atoms with Crippen molar-refractivity contribution < 1.29 is 4.79 Å². The topological polar surface area (TPSA) is 45.2 Å². The maximum absolute atomic E-state index is 12.6. The molecule has 5 heteroatoms. The van der Waals surface area contributed by atoms with E-state index >= 15 is 0 Å². The third-order valence-corrected chi connectivity index (χ3v) is 5.01. The molecule has 0 atom stereocenters. The van der Waals surface area contributed by atoms with Crippen molar-refractivity contribution in [3.8, 4) is 0 Å². The van der Waals surface area contributed by atoms with E-state index < -0.39 is 0 Å². The number of carbonyl (C=O) groups excluding carboxylic acids is 1. The Labute approximate surface area is 157 Å². The van der Waals surface area contributed by atoms with Crippen molar-refractivity contribution in [1.29, 1.82) is 0 Å². The highest BCUT2D eigenvalue weighted by atomic mass is 35.5. The second-order valence-electron chi connectivity index (χ2n) is 6.55. The quantitative estimate of drug-likeness (QED) is 0.696. The fourth-order valence-electron chi connectivity index (χ4n) is 3.45. The van der Waals surface area contributed by atoms with Gasteiger partial charge in [-0.05, 0) is 54.8 Å². The molecule has 1 aliphatic heterocycles. The normalized spacial score (nSPS) is 14.0. The highest BCUT2D eigenvalue weighted by molar-refractivity contribution is 6.29. The monoisotopic (exact) mass is 365 g/mol. The van der Waals surface area contributed by atoms with Crippen LogP contribution in [0.3, 0.4) is 0 Å². The van der Waals surface area contributed by atoms with Gasteiger partial charge in [0.05, 0.1) is 5.52 Å². The minimum atomic E-state index is -0.0851. The SMILES string of the molecule is O=C(NCc1ccccc1N1CCCC1)c1ccc2nc(Cl)ccc2c1. The van der Waals surface area contributed by atoms with E-state index in [2.05, 4.69) is 33.4 Å². The summed E-state index contributed by atoms with van der Waals surface area (Å²) in [6, 6.07) is 17.4. The van der Waals surface area contributed by atoms with Gasteiger partial charge in [0.2, 0.25) is 0 Å². The summed E-state index contributed by atoms with van der Waals surface area (Å²) in [5, 5.41) is 4.40. The van der Waals surface area contributed by atoms with Crippen LogP contribution in [0.2, 0.25) is 5.15 Å². The average Bonchev–Trinajstić information content (AvgIpc) is 3.20. The van der Waals surface area contributed by atoms with Gasteiger partial charge < -0.3 is 10.2 Å². The van der Waals surface area contributed by atoms with Crippen molar-refractivity contribution in [3.05, 3.63) is 70.9 Å². The van der Waals surface area contributed by atoms with Crippen LogP contribution in [0.4, 0.5) is 5.69 Å². The van der Waals surface area contributed by atoms with E-state index in [4.69, 9.17) is 11.6 Å². The lowest BCUT2D eigenvalue weighted by Crippen LogP contribution is -2.25. The molecule has 1 aliphatic rings. The summed E-state index contributed by atoms with van der Waals surface area (Å²) in [6.45, 7) is 2.69. The van der Waals surface area contributed by atoms with Gasteiger partial charge in [0.15, 0.2) is 0 Å². The minimum Gasteiger partial charge on any atom is -0.371 e. The van der Waals surface area contributed by atoms with E-state index in [1.807, 2.05) is 24.3 Å². The number of anilines is 1. The van der Waals surface area contributed by atoms with Gasteiger partial charge in [0.1, 0.15) is 5.15 Å². The molecule has 132 valence electrons. The number of nitrogens with one attached hydrogen (secondary N) is 1. The number of hydrogen-bond acceptors (Lipinski definition) is 3. The number of nitrogens with zero attached hydrogens (tertiary/aromatic N) is 2. The van der Waals surface area contributed by atoms with Crippen LogP contribution in [0, 0.1) is 0 Å². The molecule has 3 aromatic rings. The maximum Gasteiger partial charge on any atom is 0.251 e. The zero-order valence-corrected chi connectivity index (χ0v) is 15.2. The Bertz CT molecular complexity index is 951. The Morgan fingerprint density at radius 2 is 1.88 bits per heavy atom. The van der Waals surface area contributed by atoms with Crippen LogP contribution >= 0.6 is 11.6 Å². The summed E-state index contributed by atoms with van der Waals surface area (Å²) in [7, 11) is 0. The molecule has 0 saturated carbocycles. The number of amides is 1. The summed E-state index contributed by atoms with van der Waals surface area (Å²) in [5.41, 5.74) is 3.79. The Morgan fingerprint density at radius 1 is 1.08 bits per heavy atom. The molecule has 1 amide bonds. The van der Waals surface area contributed by atoms with E-state index in [9.17, 15) is 4.79 Å². The molecule has 2 heterocycles. The number of fused-ring (bicyclic) bond motifs is 1. The molecular formula is C21H20ClN3O. The van der Waals surface area contributed by atoms with Crippen molar-refractivity contribution in [2.45, 2.75) is 19.4 Å². The van der Waals surface area contributed by atoms with Crippen LogP contribution < -0.4 is 10.2 Å². The molecule has 4 rings (SSSR count). The predicted molar refractivity (Wildman–Crippen MR) is 106 cm³/mol. The molecule has 1 N–H and O–H groups in total. The van der Waals surface area contributed by atoms with Gasteiger partial charge >= 0.3 is 0 Å². The van der Waals surface area contributed by atoms with Crippen molar-refractivity contribution in [3.63, 3.8) is 0 Å². The van der Waals surface area contributed by atoms with Gasteiger partial charge in [0.25, 0.3) is 5.91 Å². The first-order valence-electron chi connectivity index (χ1n) is 8.88. The van der Waals surface area contributed by atoms with Crippen molar-refractivity contribution in [2.24, 2.45) is 0 Å². The smallest absolute Gasteiger partial charge is 0.251 e. The molecule has 0 unspecified atom stereocenters. The molecule has 0 aliphatic carbocycles. The first-order valence-corrected chi connectivity index (χ1v) is 9.26. The number of hydrogen-bond donors (Lipinski definition) is 1. The molecule has 1 saturated heterocycles. The largest absolute Gasteiger partial charge is 0.371 e. The maximum atomic E-state index is 12.6. The van der Waals surface area contributed by atoms with Crippen LogP contribution in [0.5, 0.6) is 0 Å². The number of rotatable bonds is 4. The van der Waals surface area contributed by atoms with Gasteiger partial charge in [-0.25, -0.2) is 4.98 Å². The Morgan fingerprint density at radius 3 is 2.73 bits per heavy atom. The summed E-state index contributed by atoms with van der Waals surface area (Å²) < 4.78 is 0. The summed E-state index contributed by atoms with van der Waals surface area (Å²) in [4.78, 5) is 19.2. The molecule has 4 nitrogen and oxygen atoms in total. The van der Waals surface area contributed by atoms with Crippen LogP contribution in [-0.2, 0) is 6.54 Å². The number of benzene rings is 2. The fourth-order valence-corrected chi connectivity index (χ4v) is 3.60. The molecule has 2 aromatic carbocycles. The van der Waals surface area contributed by atoms with Crippen LogP contribution in [0.25, 0.3) is 10.9 Å². The van der Waals surface area contributed by atoms with Crippen molar-refractivity contribution in [1.82, 2.24) is 10.3 Å². The Balaban J connectivity index is 1.50. The van der Waals surface area contributed by atoms with Gasteiger partial charge in [0, 0.05) is 36.3 Å². The highest BCUT2D eigenvalue weighted by Crippen LogP contribution is 2.24. The predicted octanol–water partition coefficient (Wildman–Crippen LogP) is 4.42. The molecule has 0 spiro atoms. The van der Waals surface area contributed by atoms with Crippen molar-refractivity contribution >= 4 is 34.1 Å². The zero-order chi connectivity index (χ0) is 17.9. The highest BCUT2D eigenvalue weighted by Gasteiger charge is 2.16. The second-order valence-corrected chi connectivity index (χ2v) is 6.93. The molecule has 1 aromatic heterocycles. The average molecular weight is 366 g/mol. The van der Waals surface area contributed by atoms with E-state index in [-0.39, 0.29) is 5.91 Å². The summed E-state index contributed by atoms with van der Waals surface area (Å²) in [6.07, 6.45) is 2.46. The number of pyridine rings is 1. The van der Waals surface area contributed by atoms with E-state index in [0.717, 1.165) is 29.6 Å². The van der Waals surface area contributed by atoms with Gasteiger partial charge in [-0.2, -0.15) is 0 Å². The number of para-hydroxylation sites is 1. The second kappa shape index (κ2) is 7.34. The van der Waals surface area contributed by atoms with E-state index in [0.29, 0.717) is 17.3 Å². The van der Waals surface area contributed by atoms with Crippen molar-refractivity contribution in [2.75, 3.05) is 18.0 Å². The van der Waals surface area contributed by atoms with E-state index in [1.54, 1.807) is 12.1 Å². The summed E-state index contributed by atoms with van der Waals surface area (Å²) in [5.74, 6) is -0.0851. The number of halogens is 1. The molecule has 1 fully saturated rings. The molecular weight excluding hydrogens is 346 g/mol. The minimum absolute atomic E-state index is 0.0851. The zero-order valence-electron chi connectivity index (χ0n) is 14.4. The Kier molecular flexibility index (Phi) is 4.76. The standard InChI is InChI=1S/C21H20ClN3O/c22-20-10-8-15-13-16(7-9-18(15)24-20)21(26)23-14-17-5-1-2-6-19(17)25-11-3-4-12-25/h1-2,5-10,13H,3-4,11-12,14H2,(H,23,26). The fraction of sp³-hybridized carbons (Fsp3) is 0.238. The number of aromatic nitrogens is 1. The van der Waals surface area contributed by atoms with E-state index in [1.165, 1.54) is 18.5 Å². The van der Waals surface area contributed by atoms with Crippen LogP contribution in [0.1, 0.15) is 28.8 Å². The van der Waals surface area contributed by atoms with Crippen LogP contribution in [-0.4, -0.2) is 24.0 Å². The van der Waals surface area contributed by atoms with Gasteiger partial charge in [-0.3, -0.25) is 4.79 Å². The third kappa shape index (κ3) is 3.51. The summed E-state index contributed by atoms with van der Waals surface area (Å²) >= 11 is 5.91. The third-order valence-electron chi connectivity index (χ3n) is 4.80. The van der Waals surface area contributed by atoms with Crippen LogP contribution in [0.15, 0.2) is 54.6 Å².